The van der Waals surface area contributed by atoms with Crippen LogP contribution in [0.2, 0.25) is 0 Å². The number of rotatable bonds is 3. The Labute approximate surface area is 110 Å². The maximum Gasteiger partial charge on any atom is 0.0366 e. The average Bonchev–Trinajstić information content (AvgIpc) is 3.22. The van der Waals surface area contributed by atoms with Gasteiger partial charge in [0.25, 0.3) is 0 Å². The molecule has 1 heterocycles. The zero-order valence-corrected chi connectivity index (χ0v) is 11.4. The van der Waals surface area contributed by atoms with Crippen molar-refractivity contribution >= 4 is 5.69 Å². The van der Waals surface area contributed by atoms with Gasteiger partial charge in [-0.1, -0.05) is 12.1 Å². The summed E-state index contributed by atoms with van der Waals surface area (Å²) in [5.74, 6) is 0. The van der Waals surface area contributed by atoms with Gasteiger partial charge in [-0.25, -0.2) is 0 Å². The summed E-state index contributed by atoms with van der Waals surface area (Å²) in [5.41, 5.74) is 9.26. The van der Waals surface area contributed by atoms with E-state index in [1.54, 1.807) is 0 Å². The van der Waals surface area contributed by atoms with Crippen LogP contribution in [0.3, 0.4) is 0 Å². The molecular weight excluding hydrogens is 220 g/mol. The lowest BCUT2D eigenvalue weighted by atomic mass is 9.89. The van der Waals surface area contributed by atoms with Gasteiger partial charge in [-0.2, -0.15) is 0 Å². The second kappa shape index (κ2) is 4.58. The molecule has 2 N–H and O–H groups in total. The lowest BCUT2D eigenvalue weighted by Gasteiger charge is -2.29. The first-order valence-corrected chi connectivity index (χ1v) is 7.33. The lowest BCUT2D eigenvalue weighted by molar-refractivity contribution is 0.555. The predicted molar refractivity (Wildman–Crippen MR) is 77.1 cm³/mol. The molecule has 0 amide bonds. The Balaban J connectivity index is 1.77. The van der Waals surface area contributed by atoms with E-state index in [0.717, 1.165) is 0 Å². The Morgan fingerprint density at radius 3 is 2.17 bits per heavy atom. The summed E-state index contributed by atoms with van der Waals surface area (Å²) in [6, 6.07) is 9.48. The maximum absolute atomic E-state index is 6.14. The molecule has 1 atom stereocenters. The van der Waals surface area contributed by atoms with Gasteiger partial charge in [0.15, 0.2) is 0 Å². The maximum atomic E-state index is 6.14. The Bertz CT molecular complexity index is 398. The third kappa shape index (κ3) is 2.03. The van der Waals surface area contributed by atoms with Crippen LogP contribution < -0.4 is 10.6 Å². The molecule has 0 aromatic heterocycles. The molecule has 1 aromatic rings. The highest BCUT2D eigenvalue weighted by molar-refractivity contribution is 5.50. The van der Waals surface area contributed by atoms with Crippen molar-refractivity contribution in [3.05, 3.63) is 29.8 Å². The molecule has 1 saturated heterocycles. The van der Waals surface area contributed by atoms with Crippen LogP contribution in [0.4, 0.5) is 5.69 Å². The second-order valence-corrected chi connectivity index (χ2v) is 6.04. The van der Waals surface area contributed by atoms with E-state index in [2.05, 4.69) is 36.1 Å². The molecule has 2 aliphatic rings. The van der Waals surface area contributed by atoms with E-state index in [4.69, 9.17) is 5.73 Å². The number of nitrogens with zero attached hydrogens (tertiary/aromatic N) is 1. The number of hydrogen-bond donors (Lipinski definition) is 1. The summed E-state index contributed by atoms with van der Waals surface area (Å²) in [6.45, 7) is 4.58. The monoisotopic (exact) mass is 244 g/mol. The molecular formula is C16H24N2. The third-order valence-corrected chi connectivity index (χ3v) is 4.82. The van der Waals surface area contributed by atoms with E-state index in [-0.39, 0.29) is 6.04 Å². The van der Waals surface area contributed by atoms with Crippen molar-refractivity contribution in [1.29, 1.82) is 0 Å². The summed E-state index contributed by atoms with van der Waals surface area (Å²) in [5, 5.41) is 0. The molecule has 1 unspecified atom stereocenters. The first kappa shape index (κ1) is 12.0. The van der Waals surface area contributed by atoms with Crippen molar-refractivity contribution in [1.82, 2.24) is 0 Å². The quantitative estimate of drug-likeness (QED) is 0.885. The van der Waals surface area contributed by atoms with Crippen LogP contribution >= 0.6 is 0 Å². The Morgan fingerprint density at radius 2 is 1.67 bits per heavy atom. The van der Waals surface area contributed by atoms with Crippen molar-refractivity contribution in [2.75, 3.05) is 18.0 Å². The van der Waals surface area contributed by atoms with Gasteiger partial charge in [-0.15, -0.1) is 0 Å². The lowest BCUT2D eigenvalue weighted by Crippen LogP contribution is -2.32. The number of nitrogens with two attached hydrogens (primary N) is 1. The van der Waals surface area contributed by atoms with E-state index in [1.165, 1.54) is 56.4 Å². The van der Waals surface area contributed by atoms with Gasteiger partial charge in [0.1, 0.15) is 0 Å². The smallest absolute Gasteiger partial charge is 0.0366 e. The standard InChI is InChI=1S/C16H24N2/c1-13(17)16(9-10-16)14-5-7-15(8-6-14)18-11-3-2-4-12-18/h5-8,13H,2-4,9-12,17H2,1H3. The van der Waals surface area contributed by atoms with Crippen LogP contribution in [-0.2, 0) is 5.41 Å². The number of anilines is 1. The molecule has 1 aliphatic carbocycles. The summed E-state index contributed by atoms with van der Waals surface area (Å²) >= 11 is 0. The summed E-state index contributed by atoms with van der Waals surface area (Å²) < 4.78 is 0. The largest absolute Gasteiger partial charge is 0.372 e. The van der Waals surface area contributed by atoms with E-state index in [9.17, 15) is 0 Å². The summed E-state index contributed by atoms with van der Waals surface area (Å²) in [7, 11) is 0. The summed E-state index contributed by atoms with van der Waals surface area (Å²) in [6.07, 6.45) is 6.58. The van der Waals surface area contributed by atoms with Crippen LogP contribution in [0.25, 0.3) is 0 Å². The van der Waals surface area contributed by atoms with Crippen molar-refractivity contribution in [2.45, 2.75) is 50.5 Å². The zero-order valence-electron chi connectivity index (χ0n) is 11.4. The minimum atomic E-state index is 0.276. The number of hydrogen-bond acceptors (Lipinski definition) is 2. The molecule has 3 rings (SSSR count). The van der Waals surface area contributed by atoms with Crippen LogP contribution in [0.1, 0.15) is 44.6 Å². The van der Waals surface area contributed by atoms with Crippen molar-refractivity contribution in [3.8, 4) is 0 Å². The molecule has 0 spiro atoms. The fraction of sp³-hybridized carbons (Fsp3) is 0.625. The van der Waals surface area contributed by atoms with Gasteiger partial charge in [0.2, 0.25) is 0 Å². The van der Waals surface area contributed by atoms with Crippen LogP contribution in [0.5, 0.6) is 0 Å². The normalized spacial score (nSPS) is 23.8. The zero-order chi connectivity index (χ0) is 12.6. The third-order valence-electron chi connectivity index (χ3n) is 4.82. The number of benzene rings is 1. The van der Waals surface area contributed by atoms with Gasteiger partial charge < -0.3 is 10.6 Å². The first-order valence-electron chi connectivity index (χ1n) is 7.33. The molecule has 2 heteroatoms. The van der Waals surface area contributed by atoms with E-state index >= 15 is 0 Å². The minimum Gasteiger partial charge on any atom is -0.372 e. The molecule has 18 heavy (non-hydrogen) atoms. The first-order chi connectivity index (χ1) is 8.72. The van der Waals surface area contributed by atoms with Crippen LogP contribution in [0.15, 0.2) is 24.3 Å². The average molecular weight is 244 g/mol. The molecule has 98 valence electrons. The van der Waals surface area contributed by atoms with Crippen LogP contribution in [-0.4, -0.2) is 19.1 Å². The van der Waals surface area contributed by atoms with Crippen LogP contribution in [0, 0.1) is 0 Å². The van der Waals surface area contributed by atoms with E-state index < -0.39 is 0 Å². The van der Waals surface area contributed by atoms with Gasteiger partial charge in [-0.3, -0.25) is 0 Å². The Morgan fingerprint density at radius 1 is 1.06 bits per heavy atom. The highest BCUT2D eigenvalue weighted by Gasteiger charge is 2.47. The van der Waals surface area contributed by atoms with E-state index in [1.807, 2.05) is 0 Å². The molecule has 0 radical (unpaired) electrons. The van der Waals surface area contributed by atoms with Gasteiger partial charge in [0.05, 0.1) is 0 Å². The molecule has 0 bridgehead atoms. The molecule has 1 saturated carbocycles. The SMILES string of the molecule is CC(N)C1(c2ccc(N3CCCCC3)cc2)CC1. The predicted octanol–water partition coefficient (Wildman–Crippen LogP) is 3.06. The molecule has 2 nitrogen and oxygen atoms in total. The highest BCUT2D eigenvalue weighted by atomic mass is 15.1. The van der Waals surface area contributed by atoms with Gasteiger partial charge in [-0.05, 0) is 56.7 Å². The molecule has 1 aromatic carbocycles. The fourth-order valence-corrected chi connectivity index (χ4v) is 3.30. The van der Waals surface area contributed by atoms with Crippen molar-refractivity contribution in [2.24, 2.45) is 5.73 Å². The molecule has 1 aliphatic heterocycles. The fourth-order valence-electron chi connectivity index (χ4n) is 3.30. The van der Waals surface area contributed by atoms with Crippen molar-refractivity contribution in [3.63, 3.8) is 0 Å². The van der Waals surface area contributed by atoms with Gasteiger partial charge >= 0.3 is 0 Å². The van der Waals surface area contributed by atoms with E-state index in [0.29, 0.717) is 5.41 Å². The molecule has 2 fully saturated rings. The minimum absolute atomic E-state index is 0.276. The van der Waals surface area contributed by atoms with Gasteiger partial charge in [0, 0.05) is 30.2 Å². The van der Waals surface area contributed by atoms with Crippen molar-refractivity contribution < 1.29 is 0 Å². The summed E-state index contributed by atoms with van der Waals surface area (Å²) in [4.78, 5) is 2.51. The Kier molecular flexibility index (Phi) is 3.06. The number of piperidine rings is 1. The highest BCUT2D eigenvalue weighted by Crippen LogP contribution is 2.50. The Hall–Kier alpha value is -1.02. The second-order valence-electron chi connectivity index (χ2n) is 6.04. The topological polar surface area (TPSA) is 29.3 Å².